The number of rotatable bonds is 6. The summed E-state index contributed by atoms with van der Waals surface area (Å²) in [5.74, 6) is 0.489. The average molecular weight is 317 g/mol. The molecular formula is C15H19N5O3. The zero-order chi connectivity index (χ0) is 16.8. The summed E-state index contributed by atoms with van der Waals surface area (Å²) in [7, 11) is 0. The number of carboxylic acid groups (broad SMARTS) is 1. The van der Waals surface area contributed by atoms with Crippen LogP contribution in [0.1, 0.15) is 24.5 Å². The van der Waals surface area contributed by atoms with E-state index in [1.807, 2.05) is 25.1 Å². The van der Waals surface area contributed by atoms with E-state index in [1.165, 1.54) is 0 Å². The van der Waals surface area contributed by atoms with Crippen LogP contribution in [0, 0.1) is 13.8 Å². The number of urea groups is 1. The van der Waals surface area contributed by atoms with Crippen molar-refractivity contribution in [2.45, 2.75) is 26.7 Å². The first kappa shape index (κ1) is 16.5. The third-order valence-electron chi connectivity index (χ3n) is 3.11. The molecule has 23 heavy (non-hydrogen) atoms. The Hall–Kier alpha value is -2.90. The zero-order valence-corrected chi connectivity index (χ0v) is 13.0. The molecule has 0 unspecified atom stereocenters. The fourth-order valence-electron chi connectivity index (χ4n) is 2.12. The largest absolute Gasteiger partial charge is 0.481 e. The van der Waals surface area contributed by atoms with E-state index in [0.29, 0.717) is 30.2 Å². The number of nitrogens with one attached hydrogen (secondary N) is 2. The number of aliphatic carboxylic acids is 1. The number of carbonyl (C=O) groups is 2. The topological polar surface area (TPSA) is 109 Å². The molecule has 0 aliphatic rings. The molecule has 0 aliphatic carbocycles. The van der Waals surface area contributed by atoms with Gasteiger partial charge in [0.15, 0.2) is 0 Å². The van der Waals surface area contributed by atoms with Crippen LogP contribution in [0.2, 0.25) is 0 Å². The SMILES string of the molecule is Cc1nc(C)n(-c2ccccc2NC(=O)NCCCC(=O)O)n1. The van der Waals surface area contributed by atoms with E-state index in [2.05, 4.69) is 20.7 Å². The minimum absolute atomic E-state index is 0.0221. The van der Waals surface area contributed by atoms with Crippen molar-refractivity contribution in [2.75, 3.05) is 11.9 Å². The summed E-state index contributed by atoms with van der Waals surface area (Å²) < 4.78 is 1.66. The normalized spacial score (nSPS) is 10.3. The lowest BCUT2D eigenvalue weighted by Crippen LogP contribution is -2.30. The van der Waals surface area contributed by atoms with Gasteiger partial charge in [0.05, 0.1) is 11.4 Å². The predicted octanol–water partition coefficient (Wildman–Crippen LogP) is 1.87. The van der Waals surface area contributed by atoms with Gasteiger partial charge in [-0.2, -0.15) is 5.10 Å². The Morgan fingerprint density at radius 2 is 2.00 bits per heavy atom. The van der Waals surface area contributed by atoms with Gasteiger partial charge < -0.3 is 15.7 Å². The van der Waals surface area contributed by atoms with Crippen LogP contribution in [0.4, 0.5) is 10.5 Å². The molecular weight excluding hydrogens is 298 g/mol. The molecule has 0 saturated heterocycles. The molecule has 1 aromatic carbocycles. The summed E-state index contributed by atoms with van der Waals surface area (Å²) in [5.41, 5.74) is 1.31. The van der Waals surface area contributed by atoms with Gasteiger partial charge in [-0.3, -0.25) is 4.79 Å². The smallest absolute Gasteiger partial charge is 0.319 e. The third kappa shape index (κ3) is 4.53. The molecule has 1 heterocycles. The molecule has 1 aromatic heterocycles. The Morgan fingerprint density at radius 1 is 1.26 bits per heavy atom. The number of aromatic nitrogens is 3. The van der Waals surface area contributed by atoms with Crippen molar-refractivity contribution < 1.29 is 14.7 Å². The van der Waals surface area contributed by atoms with Crippen LogP contribution in [0.5, 0.6) is 0 Å². The zero-order valence-electron chi connectivity index (χ0n) is 13.0. The second kappa shape index (κ2) is 7.39. The Balaban J connectivity index is 2.05. The Labute approximate surface area is 133 Å². The maximum Gasteiger partial charge on any atom is 0.319 e. The van der Waals surface area contributed by atoms with Gasteiger partial charge in [0.1, 0.15) is 11.6 Å². The Kier molecular flexibility index (Phi) is 5.29. The minimum atomic E-state index is -0.880. The number of benzene rings is 1. The highest BCUT2D eigenvalue weighted by Crippen LogP contribution is 2.20. The number of anilines is 1. The molecule has 0 atom stereocenters. The maximum absolute atomic E-state index is 11.9. The minimum Gasteiger partial charge on any atom is -0.481 e. The summed E-state index contributed by atoms with van der Waals surface area (Å²) >= 11 is 0. The van der Waals surface area contributed by atoms with E-state index >= 15 is 0 Å². The summed E-state index contributed by atoms with van der Waals surface area (Å²) in [6.07, 6.45) is 0.403. The first-order chi connectivity index (χ1) is 11.0. The second-order valence-electron chi connectivity index (χ2n) is 5.01. The number of hydrogen-bond acceptors (Lipinski definition) is 4. The van der Waals surface area contributed by atoms with Gasteiger partial charge in [-0.25, -0.2) is 14.5 Å². The molecule has 2 aromatic rings. The van der Waals surface area contributed by atoms with Crippen molar-refractivity contribution in [3.8, 4) is 5.69 Å². The van der Waals surface area contributed by atoms with E-state index in [9.17, 15) is 9.59 Å². The number of hydrogen-bond donors (Lipinski definition) is 3. The monoisotopic (exact) mass is 317 g/mol. The number of carboxylic acids is 1. The van der Waals surface area contributed by atoms with Crippen LogP contribution in [0.25, 0.3) is 5.69 Å². The highest BCUT2D eigenvalue weighted by atomic mass is 16.4. The fourth-order valence-corrected chi connectivity index (χ4v) is 2.12. The van der Waals surface area contributed by atoms with Crippen LogP contribution in [-0.2, 0) is 4.79 Å². The molecule has 3 N–H and O–H groups in total. The highest BCUT2D eigenvalue weighted by molar-refractivity contribution is 5.91. The number of amides is 2. The highest BCUT2D eigenvalue weighted by Gasteiger charge is 2.11. The number of carbonyl (C=O) groups excluding carboxylic acids is 1. The van der Waals surface area contributed by atoms with E-state index in [0.717, 1.165) is 5.82 Å². The van der Waals surface area contributed by atoms with Crippen LogP contribution >= 0.6 is 0 Å². The molecule has 0 fully saturated rings. The second-order valence-corrected chi connectivity index (χ2v) is 5.01. The maximum atomic E-state index is 11.9. The summed E-state index contributed by atoms with van der Waals surface area (Å²) in [6, 6.07) is 6.87. The average Bonchev–Trinajstić information content (AvgIpc) is 2.82. The van der Waals surface area contributed by atoms with Crippen molar-refractivity contribution in [1.82, 2.24) is 20.1 Å². The van der Waals surface area contributed by atoms with Gasteiger partial charge in [-0.05, 0) is 32.4 Å². The standard InChI is InChI=1S/C15H19N5O3/c1-10-17-11(2)20(19-10)13-7-4-3-6-12(13)18-15(23)16-9-5-8-14(21)22/h3-4,6-7H,5,8-9H2,1-2H3,(H,21,22)(H2,16,18,23). The first-order valence-corrected chi connectivity index (χ1v) is 7.23. The van der Waals surface area contributed by atoms with Gasteiger partial charge in [0.2, 0.25) is 0 Å². The van der Waals surface area contributed by atoms with Crippen molar-refractivity contribution in [2.24, 2.45) is 0 Å². The number of aryl methyl sites for hydroxylation is 2. The van der Waals surface area contributed by atoms with E-state index in [4.69, 9.17) is 5.11 Å². The Bertz CT molecular complexity index is 711. The summed E-state index contributed by atoms with van der Waals surface area (Å²) in [4.78, 5) is 26.6. The lowest BCUT2D eigenvalue weighted by molar-refractivity contribution is -0.137. The Morgan fingerprint density at radius 3 is 2.65 bits per heavy atom. The number of para-hydroxylation sites is 2. The molecule has 2 amide bonds. The van der Waals surface area contributed by atoms with Gasteiger partial charge in [-0.15, -0.1) is 0 Å². The molecule has 0 bridgehead atoms. The molecule has 0 saturated carbocycles. The van der Waals surface area contributed by atoms with Gasteiger partial charge in [-0.1, -0.05) is 12.1 Å². The fraction of sp³-hybridized carbons (Fsp3) is 0.333. The molecule has 122 valence electrons. The van der Waals surface area contributed by atoms with E-state index < -0.39 is 12.0 Å². The van der Waals surface area contributed by atoms with Crippen LogP contribution in [0.3, 0.4) is 0 Å². The molecule has 0 aliphatic heterocycles. The summed E-state index contributed by atoms with van der Waals surface area (Å²) in [6.45, 7) is 3.93. The molecule has 8 nitrogen and oxygen atoms in total. The predicted molar refractivity (Wildman–Crippen MR) is 84.7 cm³/mol. The van der Waals surface area contributed by atoms with Crippen molar-refractivity contribution >= 4 is 17.7 Å². The van der Waals surface area contributed by atoms with E-state index in [1.54, 1.807) is 17.7 Å². The third-order valence-corrected chi connectivity index (χ3v) is 3.11. The van der Waals surface area contributed by atoms with Crippen LogP contribution in [0.15, 0.2) is 24.3 Å². The molecule has 0 spiro atoms. The lowest BCUT2D eigenvalue weighted by Gasteiger charge is -2.12. The van der Waals surface area contributed by atoms with Gasteiger partial charge in [0, 0.05) is 13.0 Å². The van der Waals surface area contributed by atoms with Crippen molar-refractivity contribution in [3.05, 3.63) is 35.9 Å². The molecule has 8 heteroatoms. The quantitative estimate of drug-likeness (QED) is 0.705. The van der Waals surface area contributed by atoms with Gasteiger partial charge in [0.25, 0.3) is 0 Å². The molecule has 2 rings (SSSR count). The molecule has 0 radical (unpaired) electrons. The summed E-state index contributed by atoms with van der Waals surface area (Å²) in [5, 5.41) is 18.2. The van der Waals surface area contributed by atoms with Crippen LogP contribution < -0.4 is 10.6 Å². The van der Waals surface area contributed by atoms with Gasteiger partial charge >= 0.3 is 12.0 Å². The van der Waals surface area contributed by atoms with Crippen molar-refractivity contribution in [1.29, 1.82) is 0 Å². The van der Waals surface area contributed by atoms with Crippen molar-refractivity contribution in [3.63, 3.8) is 0 Å². The lowest BCUT2D eigenvalue weighted by atomic mass is 10.2. The van der Waals surface area contributed by atoms with Crippen LogP contribution in [-0.4, -0.2) is 38.4 Å². The van der Waals surface area contributed by atoms with E-state index in [-0.39, 0.29) is 6.42 Å². The first-order valence-electron chi connectivity index (χ1n) is 7.23. The number of nitrogens with zero attached hydrogens (tertiary/aromatic N) is 3.